The zero-order valence-corrected chi connectivity index (χ0v) is 12.3. The molecule has 5 nitrogen and oxygen atoms in total. The van der Waals surface area contributed by atoms with E-state index < -0.39 is 0 Å². The van der Waals surface area contributed by atoms with Crippen molar-refractivity contribution in [3.63, 3.8) is 0 Å². The summed E-state index contributed by atoms with van der Waals surface area (Å²) in [4.78, 5) is 23.3. The molecule has 0 bridgehead atoms. The number of hydrogen-bond donors (Lipinski definition) is 1. The predicted octanol–water partition coefficient (Wildman–Crippen LogP) is 1.95. The van der Waals surface area contributed by atoms with E-state index in [0.29, 0.717) is 30.9 Å². The number of ketones is 1. The molecule has 0 radical (unpaired) electrons. The van der Waals surface area contributed by atoms with Gasteiger partial charge in [-0.2, -0.15) is 0 Å². The Morgan fingerprint density at radius 2 is 1.90 bits per heavy atom. The highest BCUT2D eigenvalue weighted by atomic mass is 16.5. The van der Waals surface area contributed by atoms with Crippen molar-refractivity contribution >= 4 is 11.7 Å². The lowest BCUT2D eigenvalue weighted by atomic mass is 10.1. The maximum absolute atomic E-state index is 11.8. The summed E-state index contributed by atoms with van der Waals surface area (Å²) in [7, 11) is 0. The van der Waals surface area contributed by atoms with E-state index in [1.807, 2.05) is 6.92 Å². The van der Waals surface area contributed by atoms with Crippen LogP contribution in [0.3, 0.4) is 0 Å². The van der Waals surface area contributed by atoms with Crippen molar-refractivity contribution in [2.24, 2.45) is 0 Å². The molecule has 0 unspecified atom stereocenters. The number of carbonyl (C=O) groups excluding carboxylic acids is 2. The molecule has 1 amide bonds. The molecule has 0 atom stereocenters. The summed E-state index contributed by atoms with van der Waals surface area (Å²) >= 11 is 0. The molecular weight excluding hydrogens is 270 g/mol. The smallest absolute Gasteiger partial charge is 0.258 e. The molecule has 0 saturated carbocycles. The van der Waals surface area contributed by atoms with Crippen molar-refractivity contribution in [1.29, 1.82) is 0 Å². The van der Waals surface area contributed by atoms with Gasteiger partial charge < -0.3 is 14.8 Å². The van der Waals surface area contributed by atoms with Crippen LogP contribution < -0.4 is 10.1 Å². The van der Waals surface area contributed by atoms with E-state index in [9.17, 15) is 9.59 Å². The van der Waals surface area contributed by atoms with Crippen molar-refractivity contribution < 1.29 is 19.1 Å². The first-order valence-corrected chi connectivity index (χ1v) is 7.32. The molecule has 1 saturated heterocycles. The Labute approximate surface area is 124 Å². The van der Waals surface area contributed by atoms with E-state index in [-0.39, 0.29) is 24.3 Å². The van der Waals surface area contributed by atoms with Crippen molar-refractivity contribution in [1.82, 2.24) is 5.32 Å². The van der Waals surface area contributed by atoms with Gasteiger partial charge in [-0.05, 0) is 37.1 Å². The van der Waals surface area contributed by atoms with Crippen LogP contribution in [0, 0.1) is 0 Å². The normalized spacial score (nSPS) is 15.5. The second-order valence-corrected chi connectivity index (χ2v) is 5.04. The number of benzene rings is 1. The molecule has 1 aromatic rings. The van der Waals surface area contributed by atoms with Gasteiger partial charge in [-0.15, -0.1) is 0 Å². The van der Waals surface area contributed by atoms with Crippen molar-refractivity contribution in [2.45, 2.75) is 32.2 Å². The van der Waals surface area contributed by atoms with E-state index in [2.05, 4.69) is 5.32 Å². The molecule has 5 heteroatoms. The highest BCUT2D eigenvalue weighted by Crippen LogP contribution is 2.13. The average molecular weight is 291 g/mol. The molecule has 1 aromatic carbocycles. The van der Waals surface area contributed by atoms with Gasteiger partial charge in [0.1, 0.15) is 5.75 Å². The molecule has 0 aromatic heterocycles. The third-order valence-corrected chi connectivity index (χ3v) is 3.45. The first kappa shape index (κ1) is 15.5. The minimum Gasteiger partial charge on any atom is -0.484 e. The van der Waals surface area contributed by atoms with Gasteiger partial charge in [0.2, 0.25) is 0 Å². The average Bonchev–Trinajstić information content (AvgIpc) is 2.53. The summed E-state index contributed by atoms with van der Waals surface area (Å²) in [6.45, 7) is 3.20. The van der Waals surface area contributed by atoms with E-state index in [1.165, 1.54) is 0 Å². The largest absolute Gasteiger partial charge is 0.484 e. The summed E-state index contributed by atoms with van der Waals surface area (Å²) in [6, 6.07) is 7.05. The highest BCUT2D eigenvalue weighted by Gasteiger charge is 2.16. The lowest BCUT2D eigenvalue weighted by molar-refractivity contribution is -0.124. The number of carbonyl (C=O) groups is 2. The predicted molar refractivity (Wildman–Crippen MR) is 78.5 cm³/mol. The van der Waals surface area contributed by atoms with Crippen LogP contribution in [0.1, 0.15) is 36.5 Å². The second-order valence-electron chi connectivity index (χ2n) is 5.04. The summed E-state index contributed by atoms with van der Waals surface area (Å²) in [6.07, 6.45) is 2.17. The second kappa shape index (κ2) is 7.78. The molecule has 1 aliphatic rings. The number of Topliss-reactive ketones (excluding diaryl/α,β-unsaturated/α-hetero) is 1. The Bertz CT molecular complexity index is 478. The van der Waals surface area contributed by atoms with E-state index in [1.54, 1.807) is 24.3 Å². The Hall–Kier alpha value is -1.88. The van der Waals surface area contributed by atoms with Crippen LogP contribution in [0.5, 0.6) is 5.75 Å². The van der Waals surface area contributed by atoms with Crippen LogP contribution in [0.15, 0.2) is 24.3 Å². The molecule has 1 aliphatic heterocycles. The summed E-state index contributed by atoms with van der Waals surface area (Å²) in [5.41, 5.74) is 0.663. The summed E-state index contributed by atoms with van der Waals surface area (Å²) in [5.74, 6) is 0.555. The van der Waals surface area contributed by atoms with Crippen LogP contribution in [0.25, 0.3) is 0 Å². The molecular formula is C16H21NO4. The molecule has 21 heavy (non-hydrogen) atoms. The molecule has 1 heterocycles. The summed E-state index contributed by atoms with van der Waals surface area (Å²) in [5, 5.41) is 2.93. The van der Waals surface area contributed by atoms with Crippen LogP contribution in [0.4, 0.5) is 0 Å². The quantitative estimate of drug-likeness (QED) is 0.814. The lowest BCUT2D eigenvalue weighted by Gasteiger charge is -2.23. The minimum absolute atomic E-state index is 0.0154. The zero-order valence-electron chi connectivity index (χ0n) is 12.3. The molecule has 1 fully saturated rings. The van der Waals surface area contributed by atoms with Gasteiger partial charge in [-0.3, -0.25) is 9.59 Å². The van der Waals surface area contributed by atoms with Gasteiger partial charge >= 0.3 is 0 Å². The minimum atomic E-state index is -0.129. The zero-order chi connectivity index (χ0) is 15.1. The highest BCUT2D eigenvalue weighted by molar-refractivity contribution is 5.95. The van der Waals surface area contributed by atoms with Gasteiger partial charge in [-0.1, -0.05) is 6.92 Å². The Kier molecular flexibility index (Phi) is 5.75. The maximum Gasteiger partial charge on any atom is 0.258 e. The molecule has 0 spiro atoms. The Morgan fingerprint density at radius 3 is 2.52 bits per heavy atom. The van der Waals surface area contributed by atoms with Crippen LogP contribution in [-0.4, -0.2) is 37.6 Å². The van der Waals surface area contributed by atoms with Crippen LogP contribution in [0.2, 0.25) is 0 Å². The van der Waals surface area contributed by atoms with Crippen LogP contribution in [-0.2, 0) is 9.53 Å². The number of rotatable bonds is 6. The maximum atomic E-state index is 11.8. The van der Waals surface area contributed by atoms with Crippen molar-refractivity contribution in [3.8, 4) is 5.75 Å². The Balaban J connectivity index is 1.76. The topological polar surface area (TPSA) is 64.6 Å². The van der Waals surface area contributed by atoms with Gasteiger partial charge in [0.15, 0.2) is 12.4 Å². The van der Waals surface area contributed by atoms with E-state index >= 15 is 0 Å². The third-order valence-electron chi connectivity index (χ3n) is 3.45. The van der Waals surface area contributed by atoms with Gasteiger partial charge in [0.05, 0.1) is 0 Å². The molecule has 114 valence electrons. The fraction of sp³-hybridized carbons (Fsp3) is 0.500. The van der Waals surface area contributed by atoms with Crippen molar-refractivity contribution in [2.75, 3.05) is 19.8 Å². The van der Waals surface area contributed by atoms with E-state index in [4.69, 9.17) is 9.47 Å². The standard InChI is InChI=1S/C16H21NO4/c1-2-15(18)12-3-5-14(6-4-12)21-11-16(19)17-13-7-9-20-10-8-13/h3-6,13H,2,7-11H2,1H3,(H,17,19). The monoisotopic (exact) mass is 291 g/mol. The first-order chi connectivity index (χ1) is 10.2. The number of nitrogens with one attached hydrogen (secondary N) is 1. The fourth-order valence-electron chi connectivity index (χ4n) is 2.20. The lowest BCUT2D eigenvalue weighted by Crippen LogP contribution is -2.41. The third kappa shape index (κ3) is 4.86. The fourth-order valence-corrected chi connectivity index (χ4v) is 2.20. The molecule has 0 aliphatic carbocycles. The van der Waals surface area contributed by atoms with Gasteiger partial charge in [-0.25, -0.2) is 0 Å². The number of hydrogen-bond acceptors (Lipinski definition) is 4. The Morgan fingerprint density at radius 1 is 1.24 bits per heavy atom. The summed E-state index contributed by atoms with van der Waals surface area (Å²) < 4.78 is 10.7. The SMILES string of the molecule is CCC(=O)c1ccc(OCC(=O)NC2CCOCC2)cc1. The van der Waals surface area contributed by atoms with Crippen molar-refractivity contribution in [3.05, 3.63) is 29.8 Å². The number of ether oxygens (including phenoxy) is 2. The molecule has 2 rings (SSSR count). The molecule has 1 N–H and O–H groups in total. The van der Waals surface area contributed by atoms with Gasteiger partial charge in [0, 0.05) is 31.2 Å². The first-order valence-electron chi connectivity index (χ1n) is 7.32. The number of amides is 1. The van der Waals surface area contributed by atoms with Crippen LogP contribution >= 0.6 is 0 Å². The van der Waals surface area contributed by atoms with E-state index in [0.717, 1.165) is 12.8 Å². The van der Waals surface area contributed by atoms with Gasteiger partial charge in [0.25, 0.3) is 5.91 Å².